The van der Waals surface area contributed by atoms with E-state index in [1.165, 1.54) is 0 Å². The standard InChI is InChI=1S/C21H27N3O3/c1-4-24(5-2)21(26)17-8-10-18(11-9-17)23-20(25)15-22-14-16-6-12-19(27-3)13-7-16/h6-13,22H,4-5,14-15H2,1-3H3,(H,23,25). The van der Waals surface area contributed by atoms with Gasteiger partial charge in [0.2, 0.25) is 5.91 Å². The number of amides is 2. The third kappa shape index (κ3) is 6.11. The molecule has 0 unspecified atom stereocenters. The van der Waals surface area contributed by atoms with Gasteiger partial charge < -0.3 is 20.3 Å². The van der Waals surface area contributed by atoms with E-state index in [2.05, 4.69) is 10.6 Å². The van der Waals surface area contributed by atoms with E-state index in [4.69, 9.17) is 4.74 Å². The molecule has 0 fully saturated rings. The van der Waals surface area contributed by atoms with Gasteiger partial charge in [0.05, 0.1) is 13.7 Å². The average Bonchev–Trinajstić information content (AvgIpc) is 2.70. The van der Waals surface area contributed by atoms with Crippen LogP contribution in [0.5, 0.6) is 5.75 Å². The van der Waals surface area contributed by atoms with Crippen LogP contribution >= 0.6 is 0 Å². The normalized spacial score (nSPS) is 10.3. The minimum Gasteiger partial charge on any atom is -0.497 e. The summed E-state index contributed by atoms with van der Waals surface area (Å²) >= 11 is 0. The van der Waals surface area contributed by atoms with Crippen molar-refractivity contribution in [2.45, 2.75) is 20.4 Å². The van der Waals surface area contributed by atoms with Gasteiger partial charge in [-0.1, -0.05) is 12.1 Å². The summed E-state index contributed by atoms with van der Waals surface area (Å²) in [5.74, 6) is 0.671. The van der Waals surface area contributed by atoms with Crippen molar-refractivity contribution in [1.82, 2.24) is 10.2 Å². The van der Waals surface area contributed by atoms with Gasteiger partial charge in [0.15, 0.2) is 0 Å². The van der Waals surface area contributed by atoms with Gasteiger partial charge >= 0.3 is 0 Å². The lowest BCUT2D eigenvalue weighted by molar-refractivity contribution is -0.115. The first-order chi connectivity index (χ1) is 13.1. The molecule has 0 saturated carbocycles. The highest BCUT2D eigenvalue weighted by molar-refractivity contribution is 5.96. The second kappa shape index (κ2) is 10.3. The molecule has 0 aliphatic carbocycles. The van der Waals surface area contributed by atoms with E-state index >= 15 is 0 Å². The Bertz CT molecular complexity index is 738. The summed E-state index contributed by atoms with van der Waals surface area (Å²) in [6.45, 7) is 6.05. The van der Waals surface area contributed by atoms with Gasteiger partial charge in [0.25, 0.3) is 5.91 Å². The van der Waals surface area contributed by atoms with Gasteiger partial charge in [-0.25, -0.2) is 0 Å². The van der Waals surface area contributed by atoms with Crippen LogP contribution in [0.15, 0.2) is 48.5 Å². The maximum Gasteiger partial charge on any atom is 0.253 e. The highest BCUT2D eigenvalue weighted by atomic mass is 16.5. The zero-order chi connectivity index (χ0) is 19.6. The molecule has 6 heteroatoms. The van der Waals surface area contributed by atoms with Crippen LogP contribution in [0, 0.1) is 0 Å². The van der Waals surface area contributed by atoms with Gasteiger partial charge in [-0.15, -0.1) is 0 Å². The molecule has 2 rings (SSSR count). The molecule has 2 amide bonds. The summed E-state index contributed by atoms with van der Waals surface area (Å²) in [6.07, 6.45) is 0. The number of carbonyl (C=O) groups excluding carboxylic acids is 2. The quantitative estimate of drug-likeness (QED) is 0.713. The highest BCUT2D eigenvalue weighted by Gasteiger charge is 2.12. The van der Waals surface area contributed by atoms with Crippen molar-refractivity contribution < 1.29 is 14.3 Å². The fraction of sp³-hybridized carbons (Fsp3) is 0.333. The average molecular weight is 369 g/mol. The topological polar surface area (TPSA) is 70.7 Å². The number of ether oxygens (including phenoxy) is 1. The maximum absolute atomic E-state index is 12.3. The molecule has 0 saturated heterocycles. The highest BCUT2D eigenvalue weighted by Crippen LogP contribution is 2.12. The molecular weight excluding hydrogens is 342 g/mol. The van der Waals surface area contributed by atoms with E-state index in [9.17, 15) is 9.59 Å². The van der Waals surface area contributed by atoms with Gasteiger partial charge in [-0.2, -0.15) is 0 Å². The van der Waals surface area contributed by atoms with Crippen LogP contribution in [-0.4, -0.2) is 43.5 Å². The number of anilines is 1. The molecular formula is C21H27N3O3. The van der Waals surface area contributed by atoms with Crippen molar-refractivity contribution in [3.8, 4) is 5.75 Å². The molecule has 2 N–H and O–H groups in total. The Morgan fingerprint density at radius 3 is 2.15 bits per heavy atom. The summed E-state index contributed by atoms with van der Waals surface area (Å²) in [4.78, 5) is 26.1. The number of benzene rings is 2. The van der Waals surface area contributed by atoms with Crippen LogP contribution in [0.25, 0.3) is 0 Å². The predicted molar refractivity (Wildman–Crippen MR) is 107 cm³/mol. The maximum atomic E-state index is 12.3. The Kier molecular flexibility index (Phi) is 7.82. The molecule has 0 aliphatic heterocycles. The van der Waals surface area contributed by atoms with E-state index in [0.29, 0.717) is 30.9 Å². The lowest BCUT2D eigenvalue weighted by Crippen LogP contribution is -2.30. The molecule has 144 valence electrons. The van der Waals surface area contributed by atoms with Gasteiger partial charge in [0, 0.05) is 30.9 Å². The molecule has 0 spiro atoms. The van der Waals surface area contributed by atoms with E-state index in [1.807, 2.05) is 38.1 Å². The minimum absolute atomic E-state index is 0.000894. The van der Waals surface area contributed by atoms with Crippen LogP contribution in [0.1, 0.15) is 29.8 Å². The van der Waals surface area contributed by atoms with Crippen molar-refractivity contribution >= 4 is 17.5 Å². The molecule has 6 nitrogen and oxygen atoms in total. The van der Waals surface area contributed by atoms with Crippen LogP contribution in [-0.2, 0) is 11.3 Å². The van der Waals surface area contributed by atoms with Crippen molar-refractivity contribution in [1.29, 1.82) is 0 Å². The lowest BCUT2D eigenvalue weighted by Gasteiger charge is -2.18. The third-order valence-corrected chi connectivity index (χ3v) is 4.24. The van der Waals surface area contributed by atoms with Crippen LogP contribution < -0.4 is 15.4 Å². The monoisotopic (exact) mass is 369 g/mol. The molecule has 2 aromatic carbocycles. The second-order valence-electron chi connectivity index (χ2n) is 6.05. The van der Waals surface area contributed by atoms with E-state index in [-0.39, 0.29) is 18.4 Å². The summed E-state index contributed by atoms with van der Waals surface area (Å²) in [6, 6.07) is 14.7. The van der Waals surface area contributed by atoms with Gasteiger partial charge in [-0.05, 0) is 55.8 Å². The fourth-order valence-electron chi connectivity index (χ4n) is 2.66. The smallest absolute Gasteiger partial charge is 0.253 e. The Morgan fingerprint density at radius 1 is 0.963 bits per heavy atom. The zero-order valence-corrected chi connectivity index (χ0v) is 16.1. The van der Waals surface area contributed by atoms with Crippen LogP contribution in [0.2, 0.25) is 0 Å². The molecule has 0 bridgehead atoms. The van der Waals surface area contributed by atoms with Crippen LogP contribution in [0.4, 0.5) is 5.69 Å². The Balaban J connectivity index is 1.80. The summed E-state index contributed by atoms with van der Waals surface area (Å²) in [5, 5.41) is 5.93. The SMILES string of the molecule is CCN(CC)C(=O)c1ccc(NC(=O)CNCc2ccc(OC)cc2)cc1. The number of nitrogens with zero attached hydrogens (tertiary/aromatic N) is 1. The first kappa shape index (κ1) is 20.5. The molecule has 0 aliphatic rings. The van der Waals surface area contributed by atoms with Crippen molar-refractivity contribution in [2.24, 2.45) is 0 Å². The number of hydrogen-bond acceptors (Lipinski definition) is 4. The predicted octanol–water partition coefficient (Wildman–Crippen LogP) is 2.91. The van der Waals surface area contributed by atoms with Gasteiger partial charge in [-0.3, -0.25) is 9.59 Å². The third-order valence-electron chi connectivity index (χ3n) is 4.24. The Morgan fingerprint density at radius 2 is 1.59 bits per heavy atom. The molecule has 0 heterocycles. The van der Waals surface area contributed by atoms with E-state index in [0.717, 1.165) is 11.3 Å². The Labute approximate surface area is 160 Å². The summed E-state index contributed by atoms with van der Waals surface area (Å²) in [7, 11) is 1.63. The number of methoxy groups -OCH3 is 1. The van der Waals surface area contributed by atoms with Crippen molar-refractivity contribution in [2.75, 3.05) is 32.1 Å². The zero-order valence-electron chi connectivity index (χ0n) is 16.1. The van der Waals surface area contributed by atoms with E-state index < -0.39 is 0 Å². The number of hydrogen-bond donors (Lipinski definition) is 2. The largest absolute Gasteiger partial charge is 0.497 e. The first-order valence-corrected chi connectivity index (χ1v) is 9.10. The summed E-state index contributed by atoms with van der Waals surface area (Å²) < 4.78 is 5.12. The van der Waals surface area contributed by atoms with Gasteiger partial charge in [0.1, 0.15) is 5.75 Å². The summed E-state index contributed by atoms with van der Waals surface area (Å²) in [5.41, 5.74) is 2.36. The van der Waals surface area contributed by atoms with Crippen molar-refractivity contribution in [3.63, 3.8) is 0 Å². The molecule has 0 aromatic heterocycles. The molecule has 0 radical (unpaired) electrons. The molecule has 0 atom stereocenters. The minimum atomic E-state index is -0.133. The lowest BCUT2D eigenvalue weighted by atomic mass is 10.1. The Hall–Kier alpha value is -2.86. The second-order valence-corrected chi connectivity index (χ2v) is 6.05. The molecule has 2 aromatic rings. The van der Waals surface area contributed by atoms with Crippen LogP contribution in [0.3, 0.4) is 0 Å². The fourth-order valence-corrected chi connectivity index (χ4v) is 2.66. The number of carbonyl (C=O) groups is 2. The van der Waals surface area contributed by atoms with Crippen molar-refractivity contribution in [3.05, 3.63) is 59.7 Å². The number of nitrogens with one attached hydrogen (secondary N) is 2. The first-order valence-electron chi connectivity index (χ1n) is 9.10. The number of rotatable bonds is 9. The molecule has 27 heavy (non-hydrogen) atoms. The van der Waals surface area contributed by atoms with E-state index in [1.54, 1.807) is 36.3 Å².